The Labute approximate surface area is 166 Å². The summed E-state index contributed by atoms with van der Waals surface area (Å²) in [6, 6.07) is 11.6. The highest BCUT2D eigenvalue weighted by Crippen LogP contribution is 2.29. The molecular formula is C20H21F2N3O4. The summed E-state index contributed by atoms with van der Waals surface area (Å²) in [5.74, 6) is -0.467. The number of hydrogen-bond donors (Lipinski definition) is 2. The van der Waals surface area contributed by atoms with E-state index in [0.717, 1.165) is 17.8 Å². The van der Waals surface area contributed by atoms with Crippen LogP contribution in [0.4, 0.5) is 14.5 Å². The minimum Gasteiger partial charge on any atom is -0.493 e. The van der Waals surface area contributed by atoms with Gasteiger partial charge in [0.25, 0.3) is 5.91 Å². The van der Waals surface area contributed by atoms with E-state index in [0.29, 0.717) is 13.1 Å². The van der Waals surface area contributed by atoms with Gasteiger partial charge in [0.2, 0.25) is 5.91 Å². The summed E-state index contributed by atoms with van der Waals surface area (Å²) in [7, 11) is 1.31. The largest absolute Gasteiger partial charge is 0.493 e. The number of ether oxygens (including phenoxy) is 2. The van der Waals surface area contributed by atoms with Crippen molar-refractivity contribution in [1.82, 2.24) is 10.6 Å². The van der Waals surface area contributed by atoms with Crippen molar-refractivity contribution >= 4 is 17.5 Å². The molecule has 3 rings (SSSR count). The molecule has 1 heterocycles. The molecule has 0 aromatic heterocycles. The van der Waals surface area contributed by atoms with E-state index in [1.165, 1.54) is 25.3 Å². The van der Waals surface area contributed by atoms with Gasteiger partial charge in [0.15, 0.2) is 11.5 Å². The molecule has 0 radical (unpaired) electrons. The van der Waals surface area contributed by atoms with Crippen molar-refractivity contribution in [2.75, 3.05) is 31.6 Å². The summed E-state index contributed by atoms with van der Waals surface area (Å²) in [6.07, 6.45) is 0. The highest BCUT2D eigenvalue weighted by Gasteiger charge is 2.17. The quantitative estimate of drug-likeness (QED) is 0.738. The lowest BCUT2D eigenvalue weighted by Crippen LogP contribution is -2.47. The van der Waals surface area contributed by atoms with Gasteiger partial charge in [-0.05, 0) is 35.9 Å². The number of benzene rings is 2. The number of piperazine rings is 1. The summed E-state index contributed by atoms with van der Waals surface area (Å²) in [5, 5.41) is 5.55. The average molecular weight is 405 g/mol. The van der Waals surface area contributed by atoms with E-state index in [1.54, 1.807) is 0 Å². The predicted molar refractivity (Wildman–Crippen MR) is 102 cm³/mol. The number of amides is 2. The molecule has 2 aromatic carbocycles. The van der Waals surface area contributed by atoms with Crippen LogP contribution in [0.2, 0.25) is 0 Å². The van der Waals surface area contributed by atoms with Crippen LogP contribution >= 0.6 is 0 Å². The number of alkyl halides is 2. The summed E-state index contributed by atoms with van der Waals surface area (Å²) in [5.41, 5.74) is 2.09. The van der Waals surface area contributed by atoms with Gasteiger partial charge in [-0.25, -0.2) is 0 Å². The SMILES string of the molecule is COc1cc(C(=O)NCc2ccc(N3CCNC(=O)C3)cc2)ccc1OC(F)F. The molecule has 1 aliphatic rings. The van der Waals surface area contributed by atoms with Crippen molar-refractivity contribution in [2.24, 2.45) is 0 Å². The van der Waals surface area contributed by atoms with Crippen LogP contribution in [0.3, 0.4) is 0 Å². The van der Waals surface area contributed by atoms with Crippen LogP contribution in [0.5, 0.6) is 11.5 Å². The maximum absolute atomic E-state index is 12.4. The number of methoxy groups -OCH3 is 1. The molecule has 2 aromatic rings. The first-order valence-corrected chi connectivity index (χ1v) is 8.98. The van der Waals surface area contributed by atoms with E-state index in [1.807, 2.05) is 29.2 Å². The third-order valence-electron chi connectivity index (χ3n) is 4.43. The molecular weight excluding hydrogens is 384 g/mol. The van der Waals surface area contributed by atoms with E-state index in [4.69, 9.17) is 4.74 Å². The summed E-state index contributed by atoms with van der Waals surface area (Å²) >= 11 is 0. The first-order chi connectivity index (χ1) is 14.0. The number of nitrogens with one attached hydrogen (secondary N) is 2. The van der Waals surface area contributed by atoms with Crippen LogP contribution in [0.1, 0.15) is 15.9 Å². The van der Waals surface area contributed by atoms with E-state index in [9.17, 15) is 18.4 Å². The van der Waals surface area contributed by atoms with Crippen molar-refractivity contribution in [1.29, 1.82) is 0 Å². The van der Waals surface area contributed by atoms with Gasteiger partial charge >= 0.3 is 6.61 Å². The van der Waals surface area contributed by atoms with Gasteiger partial charge in [-0.1, -0.05) is 12.1 Å². The van der Waals surface area contributed by atoms with Crippen molar-refractivity contribution in [3.63, 3.8) is 0 Å². The van der Waals surface area contributed by atoms with Crippen LogP contribution in [-0.2, 0) is 11.3 Å². The molecule has 29 heavy (non-hydrogen) atoms. The molecule has 0 bridgehead atoms. The standard InChI is InChI=1S/C20H21F2N3O4/c1-28-17-10-14(4-7-16(17)29-20(21)22)19(27)24-11-13-2-5-15(6-3-13)25-9-8-23-18(26)12-25/h2-7,10,20H,8-9,11-12H2,1H3,(H,23,26)(H,24,27). The van der Waals surface area contributed by atoms with Gasteiger partial charge in [-0.3, -0.25) is 9.59 Å². The fourth-order valence-electron chi connectivity index (χ4n) is 2.97. The number of carbonyl (C=O) groups excluding carboxylic acids is 2. The predicted octanol–water partition coefficient (Wildman–Crippen LogP) is 2.16. The Balaban J connectivity index is 1.59. The van der Waals surface area contributed by atoms with E-state index < -0.39 is 6.61 Å². The Bertz CT molecular complexity index is 875. The normalized spacial score (nSPS) is 13.8. The second-order valence-corrected chi connectivity index (χ2v) is 6.36. The van der Waals surface area contributed by atoms with Crippen LogP contribution in [0, 0.1) is 0 Å². The first-order valence-electron chi connectivity index (χ1n) is 8.98. The molecule has 7 nitrogen and oxygen atoms in total. The number of carbonyl (C=O) groups is 2. The second kappa shape index (κ2) is 9.22. The first kappa shape index (κ1) is 20.4. The number of nitrogens with zero attached hydrogens (tertiary/aromatic N) is 1. The molecule has 1 fully saturated rings. The van der Waals surface area contributed by atoms with Crippen molar-refractivity contribution in [3.05, 3.63) is 53.6 Å². The molecule has 0 unspecified atom stereocenters. The zero-order valence-electron chi connectivity index (χ0n) is 15.8. The minimum absolute atomic E-state index is 0.00649. The number of rotatable bonds is 7. The highest BCUT2D eigenvalue weighted by atomic mass is 19.3. The number of hydrogen-bond acceptors (Lipinski definition) is 5. The van der Waals surface area contributed by atoms with Gasteiger partial charge in [0.05, 0.1) is 13.7 Å². The zero-order chi connectivity index (χ0) is 20.8. The molecule has 9 heteroatoms. The molecule has 0 spiro atoms. The van der Waals surface area contributed by atoms with Gasteiger partial charge in [0.1, 0.15) is 0 Å². The molecule has 2 N–H and O–H groups in total. The van der Waals surface area contributed by atoms with Crippen molar-refractivity contribution in [2.45, 2.75) is 13.2 Å². The second-order valence-electron chi connectivity index (χ2n) is 6.36. The van der Waals surface area contributed by atoms with E-state index >= 15 is 0 Å². The zero-order valence-corrected chi connectivity index (χ0v) is 15.8. The third kappa shape index (κ3) is 5.34. The number of anilines is 1. The Morgan fingerprint density at radius 3 is 2.62 bits per heavy atom. The average Bonchev–Trinajstić information content (AvgIpc) is 2.72. The Kier molecular flexibility index (Phi) is 6.48. The molecule has 1 saturated heterocycles. The molecule has 0 aliphatic carbocycles. The van der Waals surface area contributed by atoms with E-state index in [2.05, 4.69) is 15.4 Å². The third-order valence-corrected chi connectivity index (χ3v) is 4.43. The summed E-state index contributed by atoms with van der Waals surface area (Å²) in [6.45, 7) is -1.01. The Morgan fingerprint density at radius 2 is 1.97 bits per heavy atom. The Morgan fingerprint density at radius 1 is 1.21 bits per heavy atom. The molecule has 0 atom stereocenters. The topological polar surface area (TPSA) is 79.9 Å². The molecule has 0 saturated carbocycles. The lowest BCUT2D eigenvalue weighted by atomic mass is 10.1. The number of halogens is 2. The summed E-state index contributed by atoms with van der Waals surface area (Å²) < 4.78 is 34.1. The van der Waals surface area contributed by atoms with Gasteiger partial charge in [0, 0.05) is 30.9 Å². The van der Waals surface area contributed by atoms with E-state index in [-0.39, 0.29) is 35.4 Å². The Hall–Kier alpha value is -3.36. The van der Waals surface area contributed by atoms with Crippen LogP contribution in [0.15, 0.2) is 42.5 Å². The van der Waals surface area contributed by atoms with Crippen molar-refractivity contribution < 1.29 is 27.8 Å². The lowest BCUT2D eigenvalue weighted by Gasteiger charge is -2.28. The maximum atomic E-state index is 12.4. The monoisotopic (exact) mass is 405 g/mol. The fraction of sp³-hybridized carbons (Fsp3) is 0.300. The molecule has 1 aliphatic heterocycles. The van der Waals surface area contributed by atoms with Gasteiger partial charge in [-0.2, -0.15) is 8.78 Å². The minimum atomic E-state index is -2.98. The summed E-state index contributed by atoms with van der Waals surface area (Å²) in [4.78, 5) is 25.8. The molecule has 154 valence electrons. The van der Waals surface area contributed by atoms with Crippen LogP contribution in [0.25, 0.3) is 0 Å². The van der Waals surface area contributed by atoms with Crippen LogP contribution < -0.4 is 25.0 Å². The molecule has 2 amide bonds. The highest BCUT2D eigenvalue weighted by molar-refractivity contribution is 5.94. The van der Waals surface area contributed by atoms with Gasteiger partial charge in [-0.15, -0.1) is 0 Å². The fourth-order valence-corrected chi connectivity index (χ4v) is 2.97. The van der Waals surface area contributed by atoms with Gasteiger partial charge < -0.3 is 25.0 Å². The van der Waals surface area contributed by atoms with Crippen molar-refractivity contribution in [3.8, 4) is 11.5 Å². The van der Waals surface area contributed by atoms with Crippen LogP contribution in [-0.4, -0.2) is 45.2 Å². The smallest absolute Gasteiger partial charge is 0.387 e. The maximum Gasteiger partial charge on any atom is 0.387 e. The lowest BCUT2D eigenvalue weighted by molar-refractivity contribution is -0.120.